The third-order valence-corrected chi connectivity index (χ3v) is 6.77. The van der Waals surface area contributed by atoms with Gasteiger partial charge in [-0.15, -0.1) is 6.58 Å². The Morgan fingerprint density at radius 3 is 1.45 bits per heavy atom. The fourth-order valence-corrected chi connectivity index (χ4v) is 4.74. The highest BCUT2D eigenvalue weighted by Gasteiger charge is 2.53. The second-order valence-electron chi connectivity index (χ2n) is 10.4. The number of hydrogen-bond donors (Lipinski definition) is 6. The van der Waals surface area contributed by atoms with Crippen molar-refractivity contribution in [3.05, 3.63) is 82.4 Å². The Balaban J connectivity index is 2.58. The van der Waals surface area contributed by atoms with E-state index in [9.17, 15) is 48.2 Å². The monoisotopic (exact) mass is 544 g/mol. The summed E-state index contributed by atoms with van der Waals surface area (Å²) in [5.41, 5.74) is -6.31. The summed E-state index contributed by atoms with van der Waals surface area (Å²) in [5.74, 6) is -4.74. The van der Waals surface area contributed by atoms with Crippen LogP contribution in [-0.2, 0) is 12.8 Å². The van der Waals surface area contributed by atoms with E-state index < -0.39 is 84.1 Å². The van der Waals surface area contributed by atoms with Gasteiger partial charge in [-0.2, -0.15) is 0 Å². The highest BCUT2D eigenvalue weighted by Crippen LogP contribution is 2.35. The SMILES string of the molecule is C=CC(O)(Cc1cc(F)c(C(C)C)c(F)c1)[C@@H](O)[C@@](O)(Cc1cc(F)c(C(C)C)c(F)c1)[C@H](O)[C@@H](O)CO. The normalized spacial score (nSPS) is 17.7. The maximum atomic E-state index is 14.6. The van der Waals surface area contributed by atoms with Gasteiger partial charge in [-0.05, 0) is 47.2 Å². The molecular formula is C28H36F4O6. The van der Waals surface area contributed by atoms with E-state index >= 15 is 0 Å². The van der Waals surface area contributed by atoms with Gasteiger partial charge in [0.05, 0.1) is 6.61 Å². The average molecular weight is 545 g/mol. The summed E-state index contributed by atoms with van der Waals surface area (Å²) in [4.78, 5) is 0. The number of hydrogen-bond acceptors (Lipinski definition) is 6. The molecule has 2 rings (SSSR count). The third-order valence-electron chi connectivity index (χ3n) is 6.77. The lowest BCUT2D eigenvalue weighted by Crippen LogP contribution is -2.66. The predicted molar refractivity (Wildman–Crippen MR) is 134 cm³/mol. The molecular weight excluding hydrogens is 508 g/mol. The lowest BCUT2D eigenvalue weighted by molar-refractivity contribution is -0.218. The molecule has 0 radical (unpaired) electrons. The van der Waals surface area contributed by atoms with Crippen molar-refractivity contribution in [2.24, 2.45) is 0 Å². The van der Waals surface area contributed by atoms with Gasteiger partial charge >= 0.3 is 0 Å². The first-order chi connectivity index (χ1) is 17.5. The molecule has 0 bridgehead atoms. The van der Waals surface area contributed by atoms with Crippen molar-refractivity contribution in [3.8, 4) is 0 Å². The van der Waals surface area contributed by atoms with Crippen LogP contribution in [-0.4, -0.2) is 66.8 Å². The average Bonchev–Trinajstić information content (AvgIpc) is 2.80. The topological polar surface area (TPSA) is 121 Å². The first-order valence-corrected chi connectivity index (χ1v) is 12.2. The van der Waals surface area contributed by atoms with Crippen LogP contribution in [0, 0.1) is 23.3 Å². The second kappa shape index (κ2) is 12.2. The molecule has 212 valence electrons. The van der Waals surface area contributed by atoms with Crippen molar-refractivity contribution >= 4 is 0 Å². The highest BCUT2D eigenvalue weighted by atomic mass is 19.1. The van der Waals surface area contributed by atoms with Crippen LogP contribution >= 0.6 is 0 Å². The van der Waals surface area contributed by atoms with Crippen molar-refractivity contribution in [2.75, 3.05) is 6.61 Å². The van der Waals surface area contributed by atoms with Gasteiger partial charge in [0.2, 0.25) is 0 Å². The van der Waals surface area contributed by atoms with Gasteiger partial charge in [0.25, 0.3) is 0 Å². The zero-order valence-corrected chi connectivity index (χ0v) is 21.8. The number of aliphatic hydroxyl groups is 6. The van der Waals surface area contributed by atoms with Crippen molar-refractivity contribution in [1.82, 2.24) is 0 Å². The molecule has 0 saturated carbocycles. The molecule has 0 aromatic heterocycles. The smallest absolute Gasteiger partial charge is 0.129 e. The predicted octanol–water partition coefficient (Wildman–Crippen LogP) is 3.00. The van der Waals surface area contributed by atoms with Crippen LogP contribution in [0.5, 0.6) is 0 Å². The van der Waals surface area contributed by atoms with Crippen LogP contribution in [0.15, 0.2) is 36.9 Å². The molecule has 1 unspecified atom stereocenters. The first kappa shape index (κ1) is 31.9. The molecule has 6 N–H and O–H groups in total. The molecule has 10 heteroatoms. The maximum Gasteiger partial charge on any atom is 0.129 e. The van der Waals surface area contributed by atoms with Crippen molar-refractivity contribution < 1.29 is 48.2 Å². The molecule has 0 amide bonds. The van der Waals surface area contributed by atoms with Crippen molar-refractivity contribution in [2.45, 2.75) is 81.9 Å². The third kappa shape index (κ3) is 6.44. The zero-order chi connectivity index (χ0) is 29.2. The van der Waals surface area contributed by atoms with E-state index in [1.54, 1.807) is 27.7 Å². The minimum atomic E-state index is -2.93. The Labute approximate surface area is 219 Å². The molecule has 0 spiro atoms. The number of rotatable bonds is 12. The summed E-state index contributed by atoms with van der Waals surface area (Å²) < 4.78 is 58.4. The van der Waals surface area contributed by atoms with E-state index in [2.05, 4.69) is 6.58 Å². The summed E-state index contributed by atoms with van der Waals surface area (Å²) >= 11 is 0. The minimum Gasteiger partial charge on any atom is -0.394 e. The molecule has 38 heavy (non-hydrogen) atoms. The van der Waals surface area contributed by atoms with Crippen molar-refractivity contribution in [1.29, 1.82) is 0 Å². The quantitative estimate of drug-likeness (QED) is 0.181. The van der Waals surface area contributed by atoms with E-state index in [0.717, 1.165) is 30.3 Å². The van der Waals surface area contributed by atoms with Crippen LogP contribution < -0.4 is 0 Å². The zero-order valence-electron chi connectivity index (χ0n) is 21.8. The van der Waals surface area contributed by atoms with Gasteiger partial charge in [0, 0.05) is 24.0 Å². The summed E-state index contributed by atoms with van der Waals surface area (Å²) in [6.45, 7) is 8.63. The lowest BCUT2D eigenvalue weighted by atomic mass is 9.73. The van der Waals surface area contributed by atoms with Gasteiger partial charge in [-0.1, -0.05) is 33.8 Å². The van der Waals surface area contributed by atoms with E-state index in [0.29, 0.717) is 0 Å². The molecule has 6 nitrogen and oxygen atoms in total. The van der Waals surface area contributed by atoms with Crippen LogP contribution in [0.4, 0.5) is 17.6 Å². The lowest BCUT2D eigenvalue weighted by Gasteiger charge is -2.45. The summed E-state index contributed by atoms with van der Waals surface area (Å²) in [6, 6.07) is 3.62. The van der Waals surface area contributed by atoms with Gasteiger partial charge in [0.1, 0.15) is 52.8 Å². The van der Waals surface area contributed by atoms with Crippen LogP contribution in [0.1, 0.15) is 61.8 Å². The molecule has 0 aliphatic carbocycles. The number of halogens is 4. The Hall–Kier alpha value is -2.34. The number of benzene rings is 2. The highest BCUT2D eigenvalue weighted by molar-refractivity contribution is 5.33. The maximum absolute atomic E-state index is 14.6. The van der Waals surface area contributed by atoms with E-state index in [-0.39, 0.29) is 22.3 Å². The fraction of sp³-hybridized carbons (Fsp3) is 0.500. The van der Waals surface area contributed by atoms with Crippen LogP contribution in [0.2, 0.25) is 0 Å². The Bertz CT molecular complexity index is 1090. The molecule has 2 aromatic rings. The molecule has 0 aliphatic rings. The Kier molecular flexibility index (Phi) is 10.3. The Morgan fingerprint density at radius 1 is 0.763 bits per heavy atom. The molecule has 0 aliphatic heterocycles. The largest absolute Gasteiger partial charge is 0.394 e. The molecule has 2 aromatic carbocycles. The standard InChI is InChI=1S/C28H36F4O6/c1-6-27(37,11-16-7-18(29)23(14(2)3)19(30)8-16)26(36)28(38,25(35)22(34)13-33)12-17-9-20(31)24(15(4)5)21(32)10-17/h6-10,14-15,22,25-26,33-38H,1,11-13H2,2-5H3/t22-,25+,26+,27?,28+/m0/s1. The van der Waals surface area contributed by atoms with Gasteiger partial charge in [-0.25, -0.2) is 17.6 Å². The molecule has 0 saturated heterocycles. The minimum absolute atomic E-state index is 0.135. The molecule has 0 heterocycles. The molecule has 5 atom stereocenters. The second-order valence-corrected chi connectivity index (χ2v) is 10.4. The van der Waals surface area contributed by atoms with E-state index in [1.807, 2.05) is 0 Å². The van der Waals surface area contributed by atoms with Crippen LogP contribution in [0.25, 0.3) is 0 Å². The van der Waals surface area contributed by atoms with Crippen LogP contribution in [0.3, 0.4) is 0 Å². The molecule has 0 fully saturated rings. The van der Waals surface area contributed by atoms with Gasteiger partial charge in [0.15, 0.2) is 0 Å². The van der Waals surface area contributed by atoms with Gasteiger partial charge in [-0.3, -0.25) is 0 Å². The van der Waals surface area contributed by atoms with E-state index in [1.165, 1.54) is 0 Å². The fourth-order valence-electron chi connectivity index (χ4n) is 4.74. The summed E-state index contributed by atoms with van der Waals surface area (Å²) in [7, 11) is 0. The summed E-state index contributed by atoms with van der Waals surface area (Å²) in [6.07, 6.45) is -7.66. The van der Waals surface area contributed by atoms with Crippen molar-refractivity contribution in [3.63, 3.8) is 0 Å². The number of aliphatic hydroxyl groups excluding tert-OH is 4. The van der Waals surface area contributed by atoms with E-state index in [4.69, 9.17) is 0 Å². The Morgan fingerprint density at radius 2 is 1.13 bits per heavy atom. The summed E-state index contributed by atoms with van der Waals surface area (Å²) in [5, 5.41) is 64.0. The van der Waals surface area contributed by atoms with Gasteiger partial charge < -0.3 is 30.6 Å². The first-order valence-electron chi connectivity index (χ1n) is 12.2.